The molecule has 1 fully saturated rings. The van der Waals surface area contributed by atoms with E-state index in [4.69, 9.17) is 5.84 Å². The number of pyridine rings is 1. The quantitative estimate of drug-likeness (QED) is 0.415. The summed E-state index contributed by atoms with van der Waals surface area (Å²) < 4.78 is 0. The van der Waals surface area contributed by atoms with Gasteiger partial charge >= 0.3 is 0 Å². The number of rotatable bonds is 4. The molecule has 1 aromatic heterocycles. The van der Waals surface area contributed by atoms with Crippen LogP contribution in [0.4, 0.5) is 0 Å². The fourth-order valence-electron chi connectivity index (χ4n) is 2.10. The Morgan fingerprint density at radius 1 is 1.22 bits per heavy atom. The summed E-state index contributed by atoms with van der Waals surface area (Å²) >= 11 is 0. The molecule has 0 aromatic carbocycles. The highest BCUT2D eigenvalue weighted by atomic mass is 16.2. The number of carbonyl (C=O) groups excluding carboxylic acids is 1. The maximum absolute atomic E-state index is 11.2. The Labute approximate surface area is 107 Å². The van der Waals surface area contributed by atoms with Gasteiger partial charge in [-0.2, -0.15) is 0 Å². The lowest BCUT2D eigenvalue weighted by Gasteiger charge is -2.34. The van der Waals surface area contributed by atoms with E-state index in [0.29, 0.717) is 6.54 Å². The average molecular weight is 249 g/mol. The zero-order chi connectivity index (χ0) is 12.8. The van der Waals surface area contributed by atoms with Crippen LogP contribution in [0.2, 0.25) is 0 Å². The van der Waals surface area contributed by atoms with E-state index in [9.17, 15) is 4.79 Å². The molecule has 0 saturated carbocycles. The minimum Gasteiger partial charge on any atom is -0.297 e. The number of nitrogens with zero attached hydrogens (tertiary/aromatic N) is 3. The van der Waals surface area contributed by atoms with Crippen LogP contribution in [-0.2, 0) is 11.3 Å². The second-order valence-corrected chi connectivity index (χ2v) is 4.48. The van der Waals surface area contributed by atoms with Gasteiger partial charge in [-0.25, -0.2) is 5.84 Å². The van der Waals surface area contributed by atoms with Crippen molar-refractivity contribution in [2.45, 2.75) is 6.54 Å². The molecule has 1 aliphatic rings. The molecule has 0 aliphatic carbocycles. The van der Waals surface area contributed by atoms with Crippen LogP contribution in [0.3, 0.4) is 0 Å². The summed E-state index contributed by atoms with van der Waals surface area (Å²) in [7, 11) is 0. The highest BCUT2D eigenvalue weighted by Gasteiger charge is 2.18. The Morgan fingerprint density at radius 3 is 2.44 bits per heavy atom. The fraction of sp³-hybridized carbons (Fsp3) is 0.500. The Balaban J connectivity index is 1.75. The van der Waals surface area contributed by atoms with Crippen LogP contribution in [-0.4, -0.2) is 53.4 Å². The lowest BCUT2D eigenvalue weighted by Crippen LogP contribution is -2.49. The predicted molar refractivity (Wildman–Crippen MR) is 68.3 cm³/mol. The van der Waals surface area contributed by atoms with E-state index < -0.39 is 0 Å². The summed E-state index contributed by atoms with van der Waals surface area (Å²) in [6.07, 6.45) is 3.63. The molecule has 6 nitrogen and oxygen atoms in total. The molecule has 98 valence electrons. The van der Waals surface area contributed by atoms with Gasteiger partial charge in [0.2, 0.25) is 5.91 Å². The van der Waals surface area contributed by atoms with E-state index in [1.54, 1.807) is 0 Å². The number of amides is 1. The van der Waals surface area contributed by atoms with Crippen molar-refractivity contribution in [1.82, 2.24) is 20.2 Å². The third-order valence-electron chi connectivity index (χ3n) is 3.15. The predicted octanol–water partition coefficient (Wildman–Crippen LogP) is -0.811. The largest absolute Gasteiger partial charge is 0.297 e. The van der Waals surface area contributed by atoms with Gasteiger partial charge in [0.1, 0.15) is 0 Å². The first kappa shape index (κ1) is 12.9. The van der Waals surface area contributed by atoms with Crippen molar-refractivity contribution in [3.05, 3.63) is 30.1 Å². The molecule has 0 atom stereocenters. The molecule has 0 spiro atoms. The van der Waals surface area contributed by atoms with E-state index in [1.807, 2.05) is 24.5 Å². The average Bonchev–Trinajstić information content (AvgIpc) is 2.42. The van der Waals surface area contributed by atoms with E-state index in [-0.39, 0.29) is 5.91 Å². The van der Waals surface area contributed by atoms with Crippen LogP contribution in [0, 0.1) is 0 Å². The van der Waals surface area contributed by atoms with E-state index in [2.05, 4.69) is 20.2 Å². The number of hydrogen-bond acceptors (Lipinski definition) is 5. The van der Waals surface area contributed by atoms with Gasteiger partial charge < -0.3 is 0 Å². The van der Waals surface area contributed by atoms with Gasteiger partial charge in [0.15, 0.2) is 0 Å². The molecule has 3 N–H and O–H groups in total. The SMILES string of the molecule is NNC(=O)CN1CCN(Cc2ccncc2)CC1. The number of carbonyl (C=O) groups is 1. The van der Waals surface area contributed by atoms with Crippen LogP contribution >= 0.6 is 0 Å². The van der Waals surface area contributed by atoms with Crippen molar-refractivity contribution >= 4 is 5.91 Å². The number of hydrogen-bond donors (Lipinski definition) is 2. The van der Waals surface area contributed by atoms with Gasteiger partial charge in [0.05, 0.1) is 6.54 Å². The first-order valence-electron chi connectivity index (χ1n) is 6.11. The summed E-state index contributed by atoms with van der Waals surface area (Å²) in [6.45, 7) is 5.08. The van der Waals surface area contributed by atoms with Crippen LogP contribution in [0.1, 0.15) is 5.56 Å². The third kappa shape index (κ3) is 3.76. The Bertz CT molecular complexity index is 375. The number of piperazine rings is 1. The monoisotopic (exact) mass is 249 g/mol. The van der Waals surface area contributed by atoms with Gasteiger partial charge in [-0.1, -0.05) is 0 Å². The third-order valence-corrected chi connectivity index (χ3v) is 3.15. The summed E-state index contributed by atoms with van der Waals surface area (Å²) in [5.74, 6) is 4.95. The van der Waals surface area contributed by atoms with Gasteiger partial charge in [-0.05, 0) is 17.7 Å². The minimum absolute atomic E-state index is 0.127. The zero-order valence-electron chi connectivity index (χ0n) is 10.4. The molecule has 2 rings (SSSR count). The van der Waals surface area contributed by atoms with E-state index in [0.717, 1.165) is 32.7 Å². The summed E-state index contributed by atoms with van der Waals surface area (Å²) in [6, 6.07) is 4.07. The topological polar surface area (TPSA) is 74.5 Å². The first-order valence-corrected chi connectivity index (χ1v) is 6.11. The summed E-state index contributed by atoms with van der Waals surface area (Å²) in [5, 5.41) is 0. The molecule has 1 saturated heterocycles. The molecule has 1 aromatic rings. The lowest BCUT2D eigenvalue weighted by atomic mass is 10.2. The Morgan fingerprint density at radius 2 is 1.83 bits per heavy atom. The molecule has 18 heavy (non-hydrogen) atoms. The maximum atomic E-state index is 11.2. The molecule has 0 unspecified atom stereocenters. The highest BCUT2D eigenvalue weighted by Crippen LogP contribution is 2.07. The number of aromatic nitrogens is 1. The number of nitrogens with two attached hydrogens (primary N) is 1. The molecule has 0 radical (unpaired) electrons. The van der Waals surface area contributed by atoms with Crippen molar-refractivity contribution < 1.29 is 4.79 Å². The van der Waals surface area contributed by atoms with Crippen LogP contribution in [0.25, 0.3) is 0 Å². The molecule has 6 heteroatoms. The molecule has 1 amide bonds. The van der Waals surface area contributed by atoms with Gasteiger partial charge in [0, 0.05) is 45.1 Å². The van der Waals surface area contributed by atoms with Crippen molar-refractivity contribution in [3.8, 4) is 0 Å². The van der Waals surface area contributed by atoms with Crippen LogP contribution < -0.4 is 11.3 Å². The fourth-order valence-corrected chi connectivity index (χ4v) is 2.10. The van der Waals surface area contributed by atoms with Gasteiger partial charge in [-0.15, -0.1) is 0 Å². The number of hydrazine groups is 1. The Kier molecular flexibility index (Phi) is 4.63. The molecule has 2 heterocycles. The van der Waals surface area contributed by atoms with Crippen LogP contribution in [0.15, 0.2) is 24.5 Å². The van der Waals surface area contributed by atoms with Crippen molar-refractivity contribution in [2.24, 2.45) is 5.84 Å². The normalized spacial score (nSPS) is 17.6. The summed E-state index contributed by atoms with van der Waals surface area (Å²) in [4.78, 5) is 19.7. The Hall–Kier alpha value is -1.50. The maximum Gasteiger partial charge on any atom is 0.248 e. The molecular weight excluding hydrogens is 230 g/mol. The van der Waals surface area contributed by atoms with Gasteiger partial charge in [0.25, 0.3) is 0 Å². The van der Waals surface area contributed by atoms with Crippen LogP contribution in [0.5, 0.6) is 0 Å². The van der Waals surface area contributed by atoms with Crippen molar-refractivity contribution in [2.75, 3.05) is 32.7 Å². The summed E-state index contributed by atoms with van der Waals surface area (Å²) in [5.41, 5.74) is 3.44. The standard InChI is InChI=1S/C12H19N5O/c13-15-12(18)10-17-7-5-16(6-8-17)9-11-1-3-14-4-2-11/h1-4H,5-10,13H2,(H,15,18). The molecule has 1 aliphatic heterocycles. The van der Waals surface area contributed by atoms with Crippen molar-refractivity contribution in [1.29, 1.82) is 0 Å². The number of nitrogens with one attached hydrogen (secondary N) is 1. The van der Waals surface area contributed by atoms with Gasteiger partial charge in [-0.3, -0.25) is 25.0 Å². The van der Waals surface area contributed by atoms with Crippen molar-refractivity contribution in [3.63, 3.8) is 0 Å². The van der Waals surface area contributed by atoms with E-state index in [1.165, 1.54) is 5.56 Å². The second-order valence-electron chi connectivity index (χ2n) is 4.48. The molecular formula is C12H19N5O. The highest BCUT2D eigenvalue weighted by molar-refractivity contribution is 5.77. The van der Waals surface area contributed by atoms with E-state index >= 15 is 0 Å². The minimum atomic E-state index is -0.127. The lowest BCUT2D eigenvalue weighted by molar-refractivity contribution is -0.122. The first-order chi connectivity index (χ1) is 8.78. The smallest absolute Gasteiger partial charge is 0.248 e. The second kappa shape index (κ2) is 6.44. The molecule has 0 bridgehead atoms. The zero-order valence-corrected chi connectivity index (χ0v) is 10.4.